The van der Waals surface area contributed by atoms with Gasteiger partial charge in [-0.05, 0) is 37.8 Å². The number of aromatic nitrogens is 7. The number of rotatable bonds is 9. The second-order valence-electron chi connectivity index (χ2n) is 9.78. The molecular formula is C25H29N9O4S. The van der Waals surface area contributed by atoms with Gasteiger partial charge in [0.2, 0.25) is 0 Å². The van der Waals surface area contributed by atoms with Crippen molar-refractivity contribution >= 4 is 27.3 Å². The smallest absolute Gasteiger partial charge is 0.256 e. The zero-order valence-corrected chi connectivity index (χ0v) is 22.1. The summed E-state index contributed by atoms with van der Waals surface area (Å²) >= 11 is 0. The Kier molecular flexibility index (Phi) is 6.74. The molecule has 1 saturated carbocycles. The van der Waals surface area contributed by atoms with E-state index in [0.29, 0.717) is 42.5 Å². The number of aliphatic hydroxyl groups excluding tert-OH is 1. The second-order valence-corrected chi connectivity index (χ2v) is 11.9. The number of hydrogen-bond acceptors (Lipinski definition) is 11. The Morgan fingerprint density at radius 2 is 2.00 bits per heavy atom. The van der Waals surface area contributed by atoms with Gasteiger partial charge in [0.15, 0.2) is 5.82 Å². The quantitative estimate of drug-likeness (QED) is 0.279. The van der Waals surface area contributed by atoms with Crippen LogP contribution in [0.2, 0.25) is 0 Å². The van der Waals surface area contributed by atoms with Crippen molar-refractivity contribution in [3.63, 3.8) is 0 Å². The molecule has 0 aromatic carbocycles. The number of aliphatic hydroxyl groups is 1. The van der Waals surface area contributed by atoms with Gasteiger partial charge in [-0.25, -0.2) is 23.4 Å². The third-order valence-electron chi connectivity index (χ3n) is 6.76. The highest BCUT2D eigenvalue weighted by atomic mass is 32.2. The van der Waals surface area contributed by atoms with E-state index in [1.807, 2.05) is 25.4 Å². The van der Waals surface area contributed by atoms with Crippen molar-refractivity contribution in [1.82, 2.24) is 33.9 Å². The summed E-state index contributed by atoms with van der Waals surface area (Å²) in [6.07, 6.45) is 10.9. The maximum absolute atomic E-state index is 12.5. The average Bonchev–Trinajstić information content (AvgIpc) is 3.53. The molecule has 204 valence electrons. The van der Waals surface area contributed by atoms with Crippen molar-refractivity contribution < 1.29 is 18.3 Å². The van der Waals surface area contributed by atoms with Gasteiger partial charge in [0.05, 0.1) is 48.2 Å². The normalized spacial score (nSPS) is 19.6. The van der Waals surface area contributed by atoms with Crippen LogP contribution in [0.25, 0.3) is 22.6 Å². The van der Waals surface area contributed by atoms with Crippen LogP contribution in [0.1, 0.15) is 25.7 Å². The predicted molar refractivity (Wildman–Crippen MR) is 144 cm³/mol. The molecule has 14 heteroatoms. The van der Waals surface area contributed by atoms with Gasteiger partial charge < -0.3 is 20.5 Å². The summed E-state index contributed by atoms with van der Waals surface area (Å²) in [4.78, 5) is 13.4. The highest BCUT2D eigenvalue weighted by Gasteiger charge is 2.37. The number of hydrogen-bond donors (Lipinski definition) is 3. The fraction of sp³-hybridized carbons (Fsp3) is 0.400. The molecule has 4 aromatic rings. The molecule has 6 rings (SSSR count). The lowest BCUT2D eigenvalue weighted by Gasteiger charge is -2.29. The van der Waals surface area contributed by atoms with E-state index in [2.05, 4.69) is 35.8 Å². The van der Waals surface area contributed by atoms with E-state index in [1.165, 1.54) is 12.4 Å². The summed E-state index contributed by atoms with van der Waals surface area (Å²) in [5, 5.41) is 24.4. The van der Waals surface area contributed by atoms with E-state index < -0.39 is 10.0 Å². The highest BCUT2D eigenvalue weighted by molar-refractivity contribution is 7.90. The van der Waals surface area contributed by atoms with Crippen molar-refractivity contribution in [3.8, 4) is 22.6 Å². The van der Waals surface area contributed by atoms with Crippen LogP contribution >= 0.6 is 0 Å². The van der Waals surface area contributed by atoms with Crippen molar-refractivity contribution in [2.45, 2.75) is 43.1 Å². The Bertz CT molecular complexity index is 1570. The molecule has 0 unspecified atom stereocenters. The maximum atomic E-state index is 12.5. The van der Waals surface area contributed by atoms with E-state index >= 15 is 0 Å². The SMILES string of the molecule is Cn1ccc(-c2cnc(Nc3ccnc(-c4cnn(S(=O)(=O)C5CC5)c4)n3)cc2N[C@H]2CC[C@H](CO)OC2)n1. The van der Waals surface area contributed by atoms with Gasteiger partial charge in [-0.3, -0.25) is 4.68 Å². The molecule has 5 heterocycles. The number of nitrogens with zero attached hydrogens (tertiary/aromatic N) is 7. The van der Waals surface area contributed by atoms with E-state index in [1.54, 1.807) is 23.1 Å². The fourth-order valence-electron chi connectivity index (χ4n) is 4.47. The third kappa shape index (κ3) is 5.48. The van der Waals surface area contributed by atoms with Gasteiger partial charge in [0, 0.05) is 49.0 Å². The molecule has 2 aliphatic rings. The molecule has 2 atom stereocenters. The first kappa shape index (κ1) is 25.4. The monoisotopic (exact) mass is 551 g/mol. The Morgan fingerprint density at radius 1 is 1.13 bits per heavy atom. The summed E-state index contributed by atoms with van der Waals surface area (Å²) in [7, 11) is -1.61. The van der Waals surface area contributed by atoms with Gasteiger partial charge in [-0.1, -0.05) is 0 Å². The van der Waals surface area contributed by atoms with Crippen LogP contribution in [0, 0.1) is 0 Å². The Labute approximate surface area is 225 Å². The summed E-state index contributed by atoms with van der Waals surface area (Å²) in [6.45, 7) is 0.505. The number of anilines is 3. The van der Waals surface area contributed by atoms with Crippen LogP contribution in [-0.4, -0.2) is 78.1 Å². The molecule has 0 spiro atoms. The molecule has 1 aliphatic heterocycles. The van der Waals surface area contributed by atoms with Crippen molar-refractivity contribution in [1.29, 1.82) is 0 Å². The van der Waals surface area contributed by atoms with Gasteiger partial charge in [-0.2, -0.15) is 14.3 Å². The zero-order valence-electron chi connectivity index (χ0n) is 21.3. The minimum absolute atomic E-state index is 0.0211. The molecule has 39 heavy (non-hydrogen) atoms. The largest absolute Gasteiger partial charge is 0.394 e. The maximum Gasteiger partial charge on any atom is 0.256 e. The van der Waals surface area contributed by atoms with E-state index in [0.717, 1.165) is 33.9 Å². The van der Waals surface area contributed by atoms with Crippen molar-refractivity contribution in [3.05, 3.63) is 49.2 Å². The Hall–Kier alpha value is -3.88. The Morgan fingerprint density at radius 3 is 2.72 bits per heavy atom. The molecule has 4 aromatic heterocycles. The average molecular weight is 552 g/mol. The molecular weight excluding hydrogens is 522 g/mol. The van der Waals surface area contributed by atoms with Gasteiger partial charge >= 0.3 is 0 Å². The molecule has 0 bridgehead atoms. The first-order valence-electron chi connectivity index (χ1n) is 12.8. The number of aryl methyl sites for hydroxylation is 1. The molecule has 13 nitrogen and oxygen atoms in total. The zero-order chi connectivity index (χ0) is 27.0. The standard InChI is InChI=1S/C25H29N9O4S/c1-33-9-7-21(32-33)20-12-27-24(10-22(20)29-17-2-3-18(14-35)38-15-17)30-23-6-8-26-25(31-23)16-11-28-34(13-16)39(36,37)19-4-5-19/h6-13,17-19,35H,2-5,14-15H2,1H3,(H2,26,27,29,30,31)/t17-,18+/m0/s1. The summed E-state index contributed by atoms with van der Waals surface area (Å²) in [5.74, 6) is 1.39. The van der Waals surface area contributed by atoms with Crippen molar-refractivity contribution in [2.75, 3.05) is 23.8 Å². The molecule has 3 N–H and O–H groups in total. The minimum Gasteiger partial charge on any atom is -0.394 e. The van der Waals surface area contributed by atoms with E-state index in [4.69, 9.17) is 4.74 Å². The topological polar surface area (TPSA) is 162 Å². The summed E-state index contributed by atoms with van der Waals surface area (Å²) in [5.41, 5.74) is 2.97. The van der Waals surface area contributed by atoms with E-state index in [9.17, 15) is 13.5 Å². The first-order chi connectivity index (χ1) is 18.9. The second kappa shape index (κ2) is 10.4. The Balaban J connectivity index is 1.24. The van der Waals surface area contributed by atoms with E-state index in [-0.39, 0.29) is 24.0 Å². The lowest BCUT2D eigenvalue weighted by atomic mass is 10.0. The van der Waals surface area contributed by atoms with Crippen LogP contribution in [-0.2, 0) is 21.8 Å². The van der Waals surface area contributed by atoms with Gasteiger partial charge in [0.25, 0.3) is 10.0 Å². The lowest BCUT2D eigenvalue weighted by molar-refractivity contribution is -0.0223. The highest BCUT2D eigenvalue weighted by Crippen LogP contribution is 2.32. The number of nitrogens with one attached hydrogen (secondary N) is 2. The molecule has 1 aliphatic carbocycles. The lowest BCUT2D eigenvalue weighted by Crippen LogP contribution is -2.36. The van der Waals surface area contributed by atoms with Crippen LogP contribution in [0.3, 0.4) is 0 Å². The van der Waals surface area contributed by atoms with Gasteiger partial charge in [-0.15, -0.1) is 0 Å². The first-order valence-corrected chi connectivity index (χ1v) is 14.3. The van der Waals surface area contributed by atoms with Crippen LogP contribution in [0.15, 0.2) is 49.2 Å². The third-order valence-corrected chi connectivity index (χ3v) is 8.80. The molecule has 1 saturated heterocycles. The fourth-order valence-corrected chi connectivity index (χ4v) is 5.94. The van der Waals surface area contributed by atoms with Crippen LogP contribution in [0.5, 0.6) is 0 Å². The predicted octanol–water partition coefficient (Wildman–Crippen LogP) is 2.17. The number of pyridine rings is 1. The van der Waals surface area contributed by atoms with Crippen LogP contribution in [0.4, 0.5) is 17.3 Å². The molecule has 0 amide bonds. The minimum atomic E-state index is -3.47. The van der Waals surface area contributed by atoms with Crippen LogP contribution < -0.4 is 10.6 Å². The number of ether oxygens (including phenoxy) is 1. The summed E-state index contributed by atoms with van der Waals surface area (Å²) in [6, 6.07) is 5.60. The van der Waals surface area contributed by atoms with Gasteiger partial charge in [0.1, 0.15) is 11.6 Å². The van der Waals surface area contributed by atoms with Crippen molar-refractivity contribution in [2.24, 2.45) is 7.05 Å². The molecule has 0 radical (unpaired) electrons. The molecule has 2 fully saturated rings. The summed E-state index contributed by atoms with van der Waals surface area (Å²) < 4.78 is 33.5.